The topological polar surface area (TPSA) is 85.9 Å². The highest BCUT2D eigenvalue weighted by Gasteiger charge is 2.13. The zero-order chi connectivity index (χ0) is 20.5. The molecule has 2 N–H and O–H groups in total. The minimum absolute atomic E-state index is 0.0216. The standard InChI is InChI=1S/C20H23ClN2O5/c1-4-9-28-20(25)13-5-7-14(8-6-13)22-12-19(24)23-16-11-17(26-2)15(21)10-18(16)27-3/h5-8,10-11,22H,4,9,12H2,1-3H3,(H,23,24). The first kappa shape index (κ1) is 21.4. The summed E-state index contributed by atoms with van der Waals surface area (Å²) in [5.74, 6) is 0.203. The van der Waals surface area contributed by atoms with Gasteiger partial charge in [-0.1, -0.05) is 18.5 Å². The summed E-state index contributed by atoms with van der Waals surface area (Å²) >= 11 is 6.06. The summed E-state index contributed by atoms with van der Waals surface area (Å²) in [4.78, 5) is 24.0. The van der Waals surface area contributed by atoms with Crippen LogP contribution < -0.4 is 20.1 Å². The number of benzene rings is 2. The van der Waals surface area contributed by atoms with Gasteiger partial charge in [-0.05, 0) is 30.7 Å². The van der Waals surface area contributed by atoms with Crippen LogP contribution in [-0.4, -0.2) is 39.2 Å². The molecule has 8 heteroatoms. The Morgan fingerprint density at radius 1 is 1.04 bits per heavy atom. The fourth-order valence-corrected chi connectivity index (χ4v) is 2.57. The normalized spacial score (nSPS) is 10.1. The van der Waals surface area contributed by atoms with Crippen LogP contribution >= 0.6 is 11.6 Å². The van der Waals surface area contributed by atoms with E-state index in [0.717, 1.165) is 6.42 Å². The van der Waals surface area contributed by atoms with Crippen molar-refractivity contribution in [1.29, 1.82) is 0 Å². The molecule has 7 nitrogen and oxygen atoms in total. The third kappa shape index (κ3) is 5.79. The van der Waals surface area contributed by atoms with Crippen molar-refractivity contribution >= 4 is 34.9 Å². The lowest BCUT2D eigenvalue weighted by Crippen LogP contribution is -2.22. The molecular weight excluding hydrogens is 384 g/mol. The Balaban J connectivity index is 1.95. The SMILES string of the molecule is CCCOC(=O)c1ccc(NCC(=O)Nc2cc(OC)c(Cl)cc2OC)cc1. The lowest BCUT2D eigenvalue weighted by molar-refractivity contribution is -0.114. The summed E-state index contributed by atoms with van der Waals surface area (Å²) in [5, 5.41) is 6.12. The van der Waals surface area contributed by atoms with Gasteiger partial charge in [0.1, 0.15) is 11.5 Å². The zero-order valence-corrected chi connectivity index (χ0v) is 16.8. The van der Waals surface area contributed by atoms with Gasteiger partial charge in [-0.3, -0.25) is 4.79 Å². The number of nitrogens with one attached hydrogen (secondary N) is 2. The van der Waals surface area contributed by atoms with E-state index in [1.165, 1.54) is 14.2 Å². The average Bonchev–Trinajstić information content (AvgIpc) is 2.71. The summed E-state index contributed by atoms with van der Waals surface area (Å²) < 4.78 is 15.5. The van der Waals surface area contributed by atoms with Gasteiger partial charge in [0.2, 0.25) is 5.91 Å². The molecule has 0 radical (unpaired) electrons. The molecule has 0 heterocycles. The minimum Gasteiger partial charge on any atom is -0.495 e. The molecule has 0 bridgehead atoms. The van der Waals surface area contributed by atoms with Gasteiger partial charge in [-0.2, -0.15) is 0 Å². The molecule has 0 unspecified atom stereocenters. The summed E-state index contributed by atoms with van der Waals surface area (Å²) in [5.41, 5.74) is 1.61. The lowest BCUT2D eigenvalue weighted by atomic mass is 10.2. The van der Waals surface area contributed by atoms with Crippen molar-refractivity contribution in [1.82, 2.24) is 0 Å². The van der Waals surface area contributed by atoms with Crippen molar-refractivity contribution in [2.75, 3.05) is 38.0 Å². The van der Waals surface area contributed by atoms with Gasteiger partial charge in [0.05, 0.1) is 43.6 Å². The molecule has 1 amide bonds. The summed E-state index contributed by atoms with van der Waals surface area (Å²) in [7, 11) is 2.97. The van der Waals surface area contributed by atoms with Crippen LogP contribution in [-0.2, 0) is 9.53 Å². The Labute approximate surface area is 168 Å². The summed E-state index contributed by atoms with van der Waals surface area (Å²) in [6.07, 6.45) is 0.769. The number of hydrogen-bond acceptors (Lipinski definition) is 6. The summed E-state index contributed by atoms with van der Waals surface area (Å²) in [6.45, 7) is 2.34. The van der Waals surface area contributed by atoms with E-state index in [0.29, 0.717) is 40.1 Å². The van der Waals surface area contributed by atoms with Crippen LogP contribution in [0.2, 0.25) is 5.02 Å². The number of amides is 1. The Hall–Kier alpha value is -2.93. The molecule has 2 aromatic carbocycles. The highest BCUT2D eigenvalue weighted by molar-refractivity contribution is 6.32. The van der Waals surface area contributed by atoms with Gasteiger partial charge < -0.3 is 24.8 Å². The first-order chi connectivity index (χ1) is 13.5. The van der Waals surface area contributed by atoms with E-state index in [-0.39, 0.29) is 18.4 Å². The molecule has 2 rings (SSSR count). The van der Waals surface area contributed by atoms with E-state index >= 15 is 0 Å². The molecule has 2 aromatic rings. The number of carbonyl (C=O) groups is 2. The molecule has 0 spiro atoms. The highest BCUT2D eigenvalue weighted by Crippen LogP contribution is 2.35. The Morgan fingerprint density at radius 2 is 1.71 bits per heavy atom. The van der Waals surface area contributed by atoms with Crippen molar-refractivity contribution in [3.8, 4) is 11.5 Å². The second kappa shape index (κ2) is 10.4. The quantitative estimate of drug-likeness (QED) is 0.613. The van der Waals surface area contributed by atoms with Crippen LogP contribution in [0.15, 0.2) is 36.4 Å². The number of esters is 1. The van der Waals surface area contributed by atoms with Gasteiger partial charge >= 0.3 is 5.97 Å². The van der Waals surface area contributed by atoms with E-state index < -0.39 is 0 Å². The monoisotopic (exact) mass is 406 g/mol. The van der Waals surface area contributed by atoms with Gasteiger partial charge in [0.25, 0.3) is 0 Å². The van der Waals surface area contributed by atoms with E-state index in [1.807, 2.05) is 6.92 Å². The maximum atomic E-state index is 12.3. The van der Waals surface area contributed by atoms with Crippen LogP contribution in [0.4, 0.5) is 11.4 Å². The van der Waals surface area contributed by atoms with Crippen molar-refractivity contribution in [3.63, 3.8) is 0 Å². The maximum absolute atomic E-state index is 12.3. The molecule has 0 aliphatic heterocycles. The third-order valence-corrected chi connectivity index (χ3v) is 4.05. The van der Waals surface area contributed by atoms with Gasteiger partial charge in [0.15, 0.2) is 0 Å². The predicted octanol–water partition coefficient (Wildman–Crippen LogP) is 3.97. The number of rotatable bonds is 9. The predicted molar refractivity (Wildman–Crippen MR) is 109 cm³/mol. The summed E-state index contributed by atoms with van der Waals surface area (Å²) in [6, 6.07) is 9.87. The molecule has 0 atom stereocenters. The number of hydrogen-bond donors (Lipinski definition) is 2. The van der Waals surface area contributed by atoms with E-state index in [2.05, 4.69) is 10.6 Å². The molecule has 0 saturated heterocycles. The van der Waals surface area contributed by atoms with E-state index in [1.54, 1.807) is 36.4 Å². The fraction of sp³-hybridized carbons (Fsp3) is 0.300. The second-order valence-corrected chi connectivity index (χ2v) is 6.21. The molecule has 0 aromatic heterocycles. The van der Waals surface area contributed by atoms with Crippen LogP contribution in [0.3, 0.4) is 0 Å². The Bertz CT molecular complexity index is 824. The first-order valence-electron chi connectivity index (χ1n) is 8.71. The zero-order valence-electron chi connectivity index (χ0n) is 16.0. The van der Waals surface area contributed by atoms with Gasteiger partial charge in [-0.25, -0.2) is 4.79 Å². The Morgan fingerprint density at radius 3 is 2.32 bits per heavy atom. The van der Waals surface area contributed by atoms with Crippen molar-refractivity contribution < 1.29 is 23.8 Å². The number of halogens is 1. The van der Waals surface area contributed by atoms with E-state index in [9.17, 15) is 9.59 Å². The lowest BCUT2D eigenvalue weighted by Gasteiger charge is -2.13. The average molecular weight is 407 g/mol. The number of carbonyl (C=O) groups excluding carboxylic acids is 2. The van der Waals surface area contributed by atoms with Crippen LogP contribution in [0, 0.1) is 0 Å². The fourth-order valence-electron chi connectivity index (χ4n) is 2.34. The third-order valence-electron chi connectivity index (χ3n) is 3.76. The first-order valence-corrected chi connectivity index (χ1v) is 9.08. The molecule has 150 valence electrons. The van der Waals surface area contributed by atoms with Gasteiger partial charge in [-0.15, -0.1) is 0 Å². The minimum atomic E-state index is -0.366. The highest BCUT2D eigenvalue weighted by atomic mass is 35.5. The number of ether oxygens (including phenoxy) is 3. The smallest absolute Gasteiger partial charge is 0.338 e. The molecule has 0 aliphatic carbocycles. The van der Waals surface area contributed by atoms with Crippen LogP contribution in [0.5, 0.6) is 11.5 Å². The largest absolute Gasteiger partial charge is 0.495 e. The van der Waals surface area contributed by atoms with Crippen LogP contribution in [0.1, 0.15) is 23.7 Å². The van der Waals surface area contributed by atoms with Crippen molar-refractivity contribution in [2.45, 2.75) is 13.3 Å². The number of methoxy groups -OCH3 is 2. The van der Waals surface area contributed by atoms with Crippen molar-refractivity contribution in [2.24, 2.45) is 0 Å². The maximum Gasteiger partial charge on any atom is 0.338 e. The van der Waals surface area contributed by atoms with Crippen molar-refractivity contribution in [3.05, 3.63) is 47.0 Å². The molecule has 0 fully saturated rings. The molecule has 0 saturated carbocycles. The second-order valence-electron chi connectivity index (χ2n) is 5.80. The molecule has 0 aliphatic rings. The van der Waals surface area contributed by atoms with Gasteiger partial charge in [0, 0.05) is 17.8 Å². The number of anilines is 2. The molecule has 28 heavy (non-hydrogen) atoms. The Kier molecular flexibility index (Phi) is 7.95. The van der Waals surface area contributed by atoms with E-state index in [4.69, 9.17) is 25.8 Å². The van der Waals surface area contributed by atoms with Crippen LogP contribution in [0.25, 0.3) is 0 Å². The molecular formula is C20H23ClN2O5.